The Bertz CT molecular complexity index is 6640. The second-order valence-corrected chi connectivity index (χ2v) is 43.6. The molecule has 20 rings (SSSR count). The summed E-state index contributed by atoms with van der Waals surface area (Å²) in [5, 5.41) is 42.4. The molecule has 0 radical (unpaired) electrons. The molecular weight excluding hydrogens is 1660 g/mol. The van der Waals surface area contributed by atoms with Gasteiger partial charge in [0.1, 0.15) is 0 Å². The van der Waals surface area contributed by atoms with Crippen LogP contribution in [-0.2, 0) is 46.5 Å². The monoisotopic (exact) mass is 1760 g/mol. The van der Waals surface area contributed by atoms with Crippen molar-refractivity contribution in [3.63, 3.8) is 0 Å². The summed E-state index contributed by atoms with van der Waals surface area (Å²) in [4.78, 5) is 26.2. The van der Waals surface area contributed by atoms with E-state index in [1.807, 2.05) is 106 Å². The zero-order chi connectivity index (χ0) is 87.6. The van der Waals surface area contributed by atoms with Gasteiger partial charge in [-0.15, -0.1) is 0 Å². The lowest BCUT2D eigenvalue weighted by Gasteiger charge is -2.32. The average molecular weight is 1770 g/mol. The van der Waals surface area contributed by atoms with Crippen LogP contribution in [0.1, 0.15) is 161 Å². The molecule has 28 heteroatoms. The Kier molecular flexibility index (Phi) is 25.7. The van der Waals surface area contributed by atoms with Gasteiger partial charge in [-0.3, -0.25) is 29.9 Å². The standard InChI is InChI=1S/2C25H26N4O2S.2C24H28N4O2S/c1-32(30,31)29-8-5-23(6-9-29)28-25-14-22(12-19-4-7-27-16-24(19)25)21-11-17(15-26)10-20(13-21)18-2-3-18;1-32(30,31)29-10-7-22(8-11-29)28-25-14-20(13-19-6-9-27-16-24(19)25)18-4-5-23(17-2-3-17)21(12-18)15-26;1-16-11-19(12-17(2)26-16)20-13-18-5-8-25-15-23(18)24(14-20)27-21-6-9-28(10-7-21)31(29,30)22-3-4-22;1-2-20-14-17(6-10-26-20)19-13-18-5-9-25-16-23(18)24(15-19)27-21-7-11-28(12-8-21)31(29,30)22-3-4-22/h4,7,10-14,16,18,23,28H,2-3,5-6,8-9H2,1H3;4-6,9,12-14,16-17,22,28H,2-3,7-8,10-11H2,1H3;5,8,11-15,21-22,27H,3-4,6-7,9-10H2,1-2H3;5-6,9-10,13-16,21-22,27H,2-4,7-8,11-12H2,1H3. The van der Waals surface area contributed by atoms with Crippen LogP contribution in [0, 0.1) is 36.5 Å². The molecule has 8 fully saturated rings. The largest absolute Gasteiger partial charge is 0.382 e. The minimum atomic E-state index is -3.14. The number of hydrogen-bond acceptors (Lipinski definition) is 20. The van der Waals surface area contributed by atoms with Crippen molar-refractivity contribution in [1.29, 1.82) is 10.5 Å². The molecule has 4 aliphatic carbocycles. The average Bonchev–Trinajstić information content (AvgIpc) is 0.931. The lowest BCUT2D eigenvalue weighted by molar-refractivity contribution is 0.329. The number of nitrogens with zero attached hydrogens (tertiary/aromatic N) is 12. The Morgan fingerprint density at radius 1 is 0.365 bits per heavy atom. The highest BCUT2D eigenvalue weighted by molar-refractivity contribution is 7.90. The van der Waals surface area contributed by atoms with Crippen LogP contribution in [0.5, 0.6) is 0 Å². The van der Waals surface area contributed by atoms with Crippen LogP contribution in [-0.4, -0.2) is 180 Å². The van der Waals surface area contributed by atoms with Gasteiger partial charge in [0.2, 0.25) is 40.1 Å². The number of piperidine rings is 4. The molecule has 6 aromatic carbocycles. The molecule has 12 aromatic rings. The first-order valence-electron chi connectivity index (χ1n) is 44.2. The van der Waals surface area contributed by atoms with E-state index in [9.17, 15) is 44.2 Å². The first kappa shape index (κ1) is 87.2. The molecule has 4 aliphatic heterocycles. The van der Waals surface area contributed by atoms with Crippen LogP contribution in [0.4, 0.5) is 22.7 Å². The minimum absolute atomic E-state index is 0.128. The molecule has 8 aliphatic rings. The maximum absolute atomic E-state index is 12.5. The number of aryl methyl sites for hydroxylation is 3. The fourth-order valence-corrected chi connectivity index (χ4v) is 23.6. The lowest BCUT2D eigenvalue weighted by atomic mass is 9.95. The number of hydrogen-bond donors (Lipinski definition) is 4. The topological polar surface area (TPSA) is 323 Å². The van der Waals surface area contributed by atoms with Gasteiger partial charge in [0.15, 0.2) is 0 Å². The summed E-state index contributed by atoms with van der Waals surface area (Å²) in [5.74, 6) is 1.11. The summed E-state index contributed by atoms with van der Waals surface area (Å²) in [5.41, 5.74) is 19.8. The van der Waals surface area contributed by atoms with Crippen molar-refractivity contribution in [1.82, 2.24) is 47.1 Å². The molecule has 652 valence electrons. The predicted octanol–water partition coefficient (Wildman–Crippen LogP) is 17.5. The first-order valence-corrected chi connectivity index (χ1v) is 50.9. The van der Waals surface area contributed by atoms with Crippen molar-refractivity contribution in [2.45, 2.75) is 176 Å². The van der Waals surface area contributed by atoms with E-state index >= 15 is 0 Å². The van der Waals surface area contributed by atoms with Gasteiger partial charge in [0.25, 0.3) is 0 Å². The quantitative estimate of drug-likeness (QED) is 0.0519. The van der Waals surface area contributed by atoms with Gasteiger partial charge < -0.3 is 21.3 Å². The fraction of sp³-hybridized carbons (Fsp3) is 0.388. The molecule has 6 aromatic heterocycles. The third kappa shape index (κ3) is 20.7. The zero-order valence-corrected chi connectivity index (χ0v) is 75.2. The van der Waals surface area contributed by atoms with Crippen molar-refractivity contribution in [3.05, 3.63) is 229 Å². The molecule has 0 spiro atoms. The molecule has 0 atom stereocenters. The maximum Gasteiger partial charge on any atom is 0.216 e. The molecule has 0 amide bonds. The number of nitrogens with one attached hydrogen (secondary N) is 4. The number of aromatic nitrogens is 6. The van der Waals surface area contributed by atoms with Crippen LogP contribution >= 0.6 is 0 Å². The normalized spacial score (nSPS) is 18.1. The van der Waals surface area contributed by atoms with E-state index in [0.29, 0.717) is 69.8 Å². The molecule has 24 nitrogen and oxygen atoms in total. The number of anilines is 4. The lowest BCUT2D eigenvalue weighted by Crippen LogP contribution is -2.43. The van der Waals surface area contributed by atoms with E-state index in [0.717, 1.165) is 222 Å². The van der Waals surface area contributed by atoms with Crippen LogP contribution in [0.25, 0.3) is 87.6 Å². The summed E-state index contributed by atoms with van der Waals surface area (Å²) in [7, 11) is -12.4. The van der Waals surface area contributed by atoms with Gasteiger partial charge >= 0.3 is 0 Å². The Balaban J connectivity index is 0.000000119. The smallest absolute Gasteiger partial charge is 0.216 e. The Labute approximate surface area is 740 Å². The number of fused-ring (bicyclic) bond motifs is 4. The number of sulfonamides is 4. The van der Waals surface area contributed by atoms with Gasteiger partial charge in [0.05, 0.1) is 46.3 Å². The second-order valence-electron chi connectivity index (χ2n) is 35.2. The molecule has 0 unspecified atom stereocenters. The molecule has 4 saturated heterocycles. The van der Waals surface area contributed by atoms with Gasteiger partial charge in [0, 0.05) is 194 Å². The summed E-state index contributed by atoms with van der Waals surface area (Å²) in [6, 6.07) is 51.8. The summed E-state index contributed by atoms with van der Waals surface area (Å²) in [6.07, 6.45) is 34.4. The van der Waals surface area contributed by atoms with E-state index in [1.165, 1.54) is 43.8 Å². The molecule has 10 heterocycles. The number of nitriles is 2. The zero-order valence-electron chi connectivity index (χ0n) is 72.0. The van der Waals surface area contributed by atoms with E-state index < -0.39 is 40.1 Å². The number of pyridine rings is 6. The van der Waals surface area contributed by atoms with Crippen molar-refractivity contribution in [2.75, 3.05) is 86.1 Å². The fourth-order valence-electron chi connectivity index (χ4n) is 18.1. The van der Waals surface area contributed by atoms with Gasteiger partial charge in [-0.25, -0.2) is 50.9 Å². The first-order chi connectivity index (χ1) is 60.8. The number of rotatable bonds is 21. The van der Waals surface area contributed by atoms with Gasteiger partial charge in [-0.05, 0) is 327 Å². The molecule has 0 bridgehead atoms. The van der Waals surface area contributed by atoms with E-state index in [2.05, 4.69) is 155 Å². The SMILES string of the molecule is CCc1cc(-c2cc(NC3CCN(S(=O)(=O)C4CC4)CC3)c3cnccc3c2)ccn1.CS(=O)(=O)N1CCC(Nc2cc(-c3cc(C#N)cc(C4CC4)c3)cc3ccncc23)CC1.CS(=O)(=O)N1CCC(Nc2cc(-c3ccc(C4CC4)c(C#N)c3)cc3ccncc23)CC1.Cc1cc(-c2cc(NC3CCN(S(=O)(=O)C4CC4)CC3)c3cnccc3c2)cc(C)n1. The van der Waals surface area contributed by atoms with Crippen molar-refractivity contribution >= 4 is 106 Å². The summed E-state index contributed by atoms with van der Waals surface area (Å²) >= 11 is 0. The molecule has 4 saturated carbocycles. The molecule has 126 heavy (non-hydrogen) atoms. The molecule has 4 N–H and O–H groups in total. The summed E-state index contributed by atoms with van der Waals surface area (Å²) in [6.45, 7) is 10.6. The van der Waals surface area contributed by atoms with Crippen molar-refractivity contribution in [2.24, 2.45) is 0 Å². The highest BCUT2D eigenvalue weighted by Crippen LogP contribution is 2.46. The van der Waals surface area contributed by atoms with Crippen molar-refractivity contribution < 1.29 is 33.7 Å². The van der Waals surface area contributed by atoms with Crippen LogP contribution < -0.4 is 21.3 Å². The highest BCUT2D eigenvalue weighted by Gasteiger charge is 2.43. The van der Waals surface area contributed by atoms with Gasteiger partial charge in [-0.1, -0.05) is 25.1 Å². The van der Waals surface area contributed by atoms with Crippen LogP contribution in [0.15, 0.2) is 189 Å². The number of benzene rings is 6. The van der Waals surface area contributed by atoms with Crippen LogP contribution in [0.3, 0.4) is 0 Å². The predicted molar refractivity (Wildman–Crippen MR) is 503 cm³/mol. The highest BCUT2D eigenvalue weighted by atomic mass is 32.2. The van der Waals surface area contributed by atoms with E-state index in [4.69, 9.17) is 0 Å². The minimum Gasteiger partial charge on any atom is -0.382 e. The maximum atomic E-state index is 12.5. The Hall–Kier alpha value is -10.9. The third-order valence-electron chi connectivity index (χ3n) is 25.7. The van der Waals surface area contributed by atoms with E-state index in [-0.39, 0.29) is 34.7 Å². The third-order valence-corrected chi connectivity index (χ3v) is 33.1. The summed E-state index contributed by atoms with van der Waals surface area (Å²) < 4.78 is 104. The molecular formula is C98H108N16O8S4. The Morgan fingerprint density at radius 3 is 1.07 bits per heavy atom. The van der Waals surface area contributed by atoms with Crippen molar-refractivity contribution in [3.8, 4) is 56.6 Å². The Morgan fingerprint density at radius 2 is 0.722 bits per heavy atom. The van der Waals surface area contributed by atoms with Gasteiger partial charge in [-0.2, -0.15) is 10.5 Å². The van der Waals surface area contributed by atoms with Crippen LogP contribution in [0.2, 0.25) is 0 Å². The second kappa shape index (κ2) is 37.2. The van der Waals surface area contributed by atoms with E-state index in [1.54, 1.807) is 29.6 Å².